The molecular formula is C13H26N2. The molecule has 2 fully saturated rings. The van der Waals surface area contributed by atoms with Crippen LogP contribution in [0.15, 0.2) is 0 Å². The molecule has 0 aromatic carbocycles. The summed E-state index contributed by atoms with van der Waals surface area (Å²) in [5.74, 6) is 0.817. The Kier molecular flexibility index (Phi) is 4.04. The third kappa shape index (κ3) is 4.12. The summed E-state index contributed by atoms with van der Waals surface area (Å²) in [5, 5.41) is 3.64. The maximum absolute atomic E-state index is 3.64. The Hall–Kier alpha value is -0.0800. The van der Waals surface area contributed by atoms with Crippen molar-refractivity contribution < 1.29 is 0 Å². The van der Waals surface area contributed by atoms with Gasteiger partial charge in [0.05, 0.1) is 0 Å². The maximum atomic E-state index is 3.64. The molecule has 2 aliphatic rings. The van der Waals surface area contributed by atoms with Gasteiger partial charge < -0.3 is 10.2 Å². The van der Waals surface area contributed by atoms with E-state index < -0.39 is 0 Å². The van der Waals surface area contributed by atoms with Crippen molar-refractivity contribution in [3.8, 4) is 0 Å². The van der Waals surface area contributed by atoms with Crippen molar-refractivity contribution in [2.75, 3.05) is 19.6 Å². The molecule has 0 heterocycles. The smallest absolute Gasteiger partial charge is 0.00965 e. The van der Waals surface area contributed by atoms with Gasteiger partial charge in [-0.05, 0) is 51.1 Å². The van der Waals surface area contributed by atoms with E-state index in [0.29, 0.717) is 0 Å². The molecule has 0 aromatic heterocycles. The quantitative estimate of drug-likeness (QED) is 0.661. The molecule has 2 saturated carbocycles. The van der Waals surface area contributed by atoms with Crippen LogP contribution in [0.25, 0.3) is 0 Å². The van der Waals surface area contributed by atoms with Gasteiger partial charge in [-0.3, -0.25) is 0 Å². The summed E-state index contributed by atoms with van der Waals surface area (Å²) in [7, 11) is 0. The zero-order chi connectivity index (χ0) is 10.7. The molecule has 0 spiro atoms. The first-order chi connectivity index (χ1) is 7.29. The fourth-order valence-electron chi connectivity index (χ4n) is 2.27. The Morgan fingerprint density at radius 3 is 2.53 bits per heavy atom. The van der Waals surface area contributed by atoms with Gasteiger partial charge in [-0.2, -0.15) is 0 Å². The van der Waals surface area contributed by atoms with Crippen molar-refractivity contribution in [2.45, 2.75) is 58.0 Å². The SMILES string of the molecule is CCCN(CC(C)CNC1CC1)C1CC1. The molecule has 0 bridgehead atoms. The number of hydrogen-bond donors (Lipinski definition) is 1. The van der Waals surface area contributed by atoms with Crippen molar-refractivity contribution in [2.24, 2.45) is 5.92 Å². The van der Waals surface area contributed by atoms with Crippen molar-refractivity contribution in [1.29, 1.82) is 0 Å². The molecule has 2 rings (SSSR count). The van der Waals surface area contributed by atoms with Crippen LogP contribution in [0.5, 0.6) is 0 Å². The standard InChI is InChI=1S/C13H26N2/c1-3-8-15(13-6-7-13)10-11(2)9-14-12-4-5-12/h11-14H,3-10H2,1-2H3. The molecule has 88 valence electrons. The van der Waals surface area contributed by atoms with Crippen LogP contribution in [-0.2, 0) is 0 Å². The van der Waals surface area contributed by atoms with Crippen LogP contribution >= 0.6 is 0 Å². The summed E-state index contributed by atoms with van der Waals surface area (Å²) >= 11 is 0. The fourth-order valence-corrected chi connectivity index (χ4v) is 2.27. The molecule has 0 amide bonds. The molecular weight excluding hydrogens is 184 g/mol. The van der Waals surface area contributed by atoms with Gasteiger partial charge in [-0.25, -0.2) is 0 Å². The van der Waals surface area contributed by atoms with E-state index in [-0.39, 0.29) is 0 Å². The van der Waals surface area contributed by atoms with E-state index in [0.717, 1.165) is 18.0 Å². The first-order valence-corrected chi connectivity index (χ1v) is 6.77. The molecule has 1 unspecified atom stereocenters. The predicted octanol–water partition coefficient (Wildman–Crippen LogP) is 2.25. The van der Waals surface area contributed by atoms with E-state index in [1.165, 1.54) is 51.7 Å². The van der Waals surface area contributed by atoms with Crippen LogP contribution in [-0.4, -0.2) is 36.6 Å². The number of rotatable bonds is 8. The minimum absolute atomic E-state index is 0.817. The molecule has 0 aliphatic heterocycles. The lowest BCUT2D eigenvalue weighted by atomic mass is 10.1. The van der Waals surface area contributed by atoms with Gasteiger partial charge in [0, 0.05) is 18.6 Å². The Labute approximate surface area is 94.4 Å². The minimum Gasteiger partial charge on any atom is -0.314 e. The average molecular weight is 210 g/mol. The summed E-state index contributed by atoms with van der Waals surface area (Å²) in [6, 6.07) is 1.81. The Bertz CT molecular complexity index is 185. The van der Waals surface area contributed by atoms with Crippen LogP contribution in [0, 0.1) is 5.92 Å². The van der Waals surface area contributed by atoms with Crippen LogP contribution in [0.2, 0.25) is 0 Å². The Morgan fingerprint density at radius 2 is 2.00 bits per heavy atom. The first-order valence-electron chi connectivity index (χ1n) is 6.77. The molecule has 1 atom stereocenters. The normalized spacial score (nSPS) is 23.4. The van der Waals surface area contributed by atoms with Crippen molar-refractivity contribution >= 4 is 0 Å². The van der Waals surface area contributed by atoms with Crippen molar-refractivity contribution in [1.82, 2.24) is 10.2 Å². The highest BCUT2D eigenvalue weighted by atomic mass is 15.2. The predicted molar refractivity (Wildman–Crippen MR) is 65.1 cm³/mol. The summed E-state index contributed by atoms with van der Waals surface area (Å²) in [6.45, 7) is 8.51. The van der Waals surface area contributed by atoms with Crippen molar-refractivity contribution in [3.63, 3.8) is 0 Å². The molecule has 0 aromatic rings. The number of nitrogens with zero attached hydrogens (tertiary/aromatic N) is 1. The van der Waals surface area contributed by atoms with E-state index in [9.17, 15) is 0 Å². The lowest BCUT2D eigenvalue weighted by Gasteiger charge is -2.25. The summed E-state index contributed by atoms with van der Waals surface area (Å²) in [4.78, 5) is 2.71. The second kappa shape index (κ2) is 5.31. The molecule has 2 aliphatic carbocycles. The highest BCUT2D eigenvalue weighted by Crippen LogP contribution is 2.27. The largest absolute Gasteiger partial charge is 0.314 e. The lowest BCUT2D eigenvalue weighted by Crippen LogP contribution is -2.35. The highest BCUT2D eigenvalue weighted by Gasteiger charge is 2.29. The van der Waals surface area contributed by atoms with Gasteiger partial charge in [-0.1, -0.05) is 13.8 Å². The molecule has 2 nitrogen and oxygen atoms in total. The summed E-state index contributed by atoms with van der Waals surface area (Å²) < 4.78 is 0. The average Bonchev–Trinajstić information content (AvgIpc) is 3.05. The third-order valence-electron chi connectivity index (χ3n) is 3.45. The summed E-state index contributed by atoms with van der Waals surface area (Å²) in [5.41, 5.74) is 0. The van der Waals surface area contributed by atoms with Gasteiger partial charge in [0.15, 0.2) is 0 Å². The van der Waals surface area contributed by atoms with Crippen LogP contribution in [0.3, 0.4) is 0 Å². The second-order valence-electron chi connectivity index (χ2n) is 5.51. The molecule has 2 heteroatoms. The lowest BCUT2D eigenvalue weighted by molar-refractivity contribution is 0.225. The second-order valence-corrected chi connectivity index (χ2v) is 5.51. The molecule has 15 heavy (non-hydrogen) atoms. The highest BCUT2D eigenvalue weighted by molar-refractivity contribution is 4.86. The van der Waals surface area contributed by atoms with Crippen LogP contribution in [0.4, 0.5) is 0 Å². The maximum Gasteiger partial charge on any atom is 0.00965 e. The van der Waals surface area contributed by atoms with E-state index in [4.69, 9.17) is 0 Å². The van der Waals surface area contributed by atoms with E-state index in [2.05, 4.69) is 24.1 Å². The summed E-state index contributed by atoms with van der Waals surface area (Å²) in [6.07, 6.45) is 7.02. The van der Waals surface area contributed by atoms with Crippen molar-refractivity contribution in [3.05, 3.63) is 0 Å². The monoisotopic (exact) mass is 210 g/mol. The van der Waals surface area contributed by atoms with Crippen LogP contribution < -0.4 is 5.32 Å². The fraction of sp³-hybridized carbons (Fsp3) is 1.00. The first kappa shape index (κ1) is 11.4. The van der Waals surface area contributed by atoms with Gasteiger partial charge in [0.1, 0.15) is 0 Å². The number of nitrogens with one attached hydrogen (secondary N) is 1. The van der Waals surface area contributed by atoms with E-state index in [1.54, 1.807) is 0 Å². The molecule has 0 radical (unpaired) electrons. The zero-order valence-corrected chi connectivity index (χ0v) is 10.3. The molecule has 1 N–H and O–H groups in total. The number of hydrogen-bond acceptors (Lipinski definition) is 2. The Morgan fingerprint density at radius 1 is 1.27 bits per heavy atom. The minimum atomic E-state index is 0.817. The zero-order valence-electron chi connectivity index (χ0n) is 10.3. The van der Waals surface area contributed by atoms with E-state index >= 15 is 0 Å². The van der Waals surface area contributed by atoms with E-state index in [1.807, 2.05) is 0 Å². The molecule has 0 saturated heterocycles. The Balaban J connectivity index is 1.62. The van der Waals surface area contributed by atoms with Gasteiger partial charge >= 0.3 is 0 Å². The van der Waals surface area contributed by atoms with Gasteiger partial charge in [0.25, 0.3) is 0 Å². The topological polar surface area (TPSA) is 15.3 Å². The van der Waals surface area contributed by atoms with Crippen LogP contribution in [0.1, 0.15) is 46.0 Å². The van der Waals surface area contributed by atoms with Gasteiger partial charge in [0.2, 0.25) is 0 Å². The van der Waals surface area contributed by atoms with Gasteiger partial charge in [-0.15, -0.1) is 0 Å². The third-order valence-corrected chi connectivity index (χ3v) is 3.45.